The van der Waals surface area contributed by atoms with Gasteiger partial charge < -0.3 is 14.4 Å². The molecule has 1 heterocycles. The highest BCUT2D eigenvalue weighted by Crippen LogP contribution is 2.36. The number of carbonyl (C=O) groups excluding carboxylic acids is 3. The van der Waals surface area contributed by atoms with Crippen molar-refractivity contribution in [2.45, 2.75) is 38.3 Å². The number of benzene rings is 2. The second-order valence-corrected chi connectivity index (χ2v) is 7.64. The summed E-state index contributed by atoms with van der Waals surface area (Å²) in [5.74, 6) is 0.0263. The third kappa shape index (κ3) is 3.51. The number of amides is 3. The highest BCUT2D eigenvalue weighted by atomic mass is 16.5. The monoisotopic (exact) mass is 408 g/mol. The number of carbonyl (C=O) groups is 3. The van der Waals surface area contributed by atoms with Crippen molar-refractivity contribution in [1.82, 2.24) is 4.90 Å². The van der Waals surface area contributed by atoms with Gasteiger partial charge in [-0.1, -0.05) is 17.7 Å². The minimum absolute atomic E-state index is 0.0117. The quantitative estimate of drug-likeness (QED) is 0.687. The molecule has 0 bridgehead atoms. The third-order valence-corrected chi connectivity index (χ3v) is 5.56. The molecule has 0 spiro atoms. The van der Waals surface area contributed by atoms with E-state index in [4.69, 9.17) is 9.47 Å². The van der Waals surface area contributed by atoms with Crippen molar-refractivity contribution in [3.63, 3.8) is 0 Å². The predicted octanol–water partition coefficient (Wildman–Crippen LogP) is 2.95. The van der Waals surface area contributed by atoms with Crippen LogP contribution < -0.4 is 14.4 Å². The Morgan fingerprint density at radius 1 is 1.00 bits per heavy atom. The lowest BCUT2D eigenvalue weighted by Gasteiger charge is -2.28. The summed E-state index contributed by atoms with van der Waals surface area (Å²) >= 11 is 0. The van der Waals surface area contributed by atoms with Gasteiger partial charge >= 0.3 is 0 Å². The van der Waals surface area contributed by atoms with E-state index < -0.39 is 6.04 Å². The molecule has 1 saturated carbocycles. The SMILES string of the molecule is COc1ccc(C(=O)N(C2CC2)C2CC(=O)N(c3ccc(C)cc3)C2=O)cc1OC. The Morgan fingerprint density at radius 2 is 1.67 bits per heavy atom. The zero-order valence-corrected chi connectivity index (χ0v) is 17.3. The number of hydrogen-bond acceptors (Lipinski definition) is 5. The van der Waals surface area contributed by atoms with Crippen LogP contribution in [-0.4, -0.2) is 48.9 Å². The Kier molecular flexibility index (Phi) is 5.20. The molecule has 3 amide bonds. The van der Waals surface area contributed by atoms with Crippen LogP contribution in [0.25, 0.3) is 0 Å². The van der Waals surface area contributed by atoms with Gasteiger partial charge in [0.25, 0.3) is 11.8 Å². The fraction of sp³-hybridized carbons (Fsp3) is 0.348. The van der Waals surface area contributed by atoms with E-state index in [0.717, 1.165) is 18.4 Å². The highest BCUT2D eigenvalue weighted by molar-refractivity contribution is 6.23. The van der Waals surface area contributed by atoms with E-state index in [-0.39, 0.29) is 30.2 Å². The van der Waals surface area contributed by atoms with Crippen LogP contribution in [0.15, 0.2) is 42.5 Å². The topological polar surface area (TPSA) is 76.2 Å². The average molecular weight is 408 g/mol. The first-order chi connectivity index (χ1) is 14.4. The number of ether oxygens (including phenoxy) is 2. The van der Waals surface area contributed by atoms with Gasteiger partial charge in [-0.15, -0.1) is 0 Å². The van der Waals surface area contributed by atoms with E-state index in [1.807, 2.05) is 19.1 Å². The molecule has 2 aromatic rings. The molecule has 1 atom stereocenters. The van der Waals surface area contributed by atoms with Crippen molar-refractivity contribution in [2.24, 2.45) is 0 Å². The first-order valence-electron chi connectivity index (χ1n) is 9.92. The molecular weight excluding hydrogens is 384 g/mol. The number of hydrogen-bond donors (Lipinski definition) is 0. The van der Waals surface area contributed by atoms with E-state index in [2.05, 4.69) is 0 Å². The highest BCUT2D eigenvalue weighted by Gasteiger charge is 2.48. The van der Waals surface area contributed by atoms with E-state index in [0.29, 0.717) is 22.7 Å². The summed E-state index contributed by atoms with van der Waals surface area (Å²) in [6.45, 7) is 1.94. The molecule has 7 nitrogen and oxygen atoms in total. The van der Waals surface area contributed by atoms with Crippen LogP contribution in [0.3, 0.4) is 0 Å². The number of aryl methyl sites for hydroxylation is 1. The predicted molar refractivity (Wildman–Crippen MR) is 111 cm³/mol. The van der Waals surface area contributed by atoms with Gasteiger partial charge in [-0.05, 0) is 50.1 Å². The van der Waals surface area contributed by atoms with E-state index >= 15 is 0 Å². The fourth-order valence-electron chi connectivity index (χ4n) is 3.83. The minimum atomic E-state index is -0.799. The van der Waals surface area contributed by atoms with Crippen LogP contribution in [0.2, 0.25) is 0 Å². The zero-order valence-electron chi connectivity index (χ0n) is 17.3. The Morgan fingerprint density at radius 3 is 2.27 bits per heavy atom. The average Bonchev–Trinajstić information content (AvgIpc) is 3.54. The Balaban J connectivity index is 1.63. The molecule has 156 valence electrons. The lowest BCUT2D eigenvalue weighted by atomic mass is 10.1. The Labute approximate surface area is 175 Å². The Bertz CT molecular complexity index is 997. The van der Waals surface area contributed by atoms with Crippen molar-refractivity contribution < 1.29 is 23.9 Å². The summed E-state index contributed by atoms with van der Waals surface area (Å²) in [4.78, 5) is 42.0. The van der Waals surface area contributed by atoms with Crippen LogP contribution >= 0.6 is 0 Å². The van der Waals surface area contributed by atoms with Gasteiger partial charge in [-0.3, -0.25) is 14.4 Å². The molecule has 1 aliphatic heterocycles. The first kappa shape index (κ1) is 19.9. The van der Waals surface area contributed by atoms with E-state index in [9.17, 15) is 14.4 Å². The lowest BCUT2D eigenvalue weighted by Crippen LogP contribution is -2.46. The maximum atomic E-state index is 13.4. The fourth-order valence-corrected chi connectivity index (χ4v) is 3.83. The lowest BCUT2D eigenvalue weighted by molar-refractivity contribution is -0.122. The molecule has 0 N–H and O–H groups in total. The van der Waals surface area contributed by atoms with Crippen molar-refractivity contribution in [1.29, 1.82) is 0 Å². The van der Waals surface area contributed by atoms with Crippen molar-refractivity contribution in [2.75, 3.05) is 19.1 Å². The molecule has 2 aromatic carbocycles. The molecule has 1 unspecified atom stereocenters. The number of methoxy groups -OCH3 is 2. The standard InChI is InChI=1S/C23H24N2O5/c1-14-4-7-17(8-5-14)25-21(26)13-18(23(25)28)24(16-9-10-16)22(27)15-6-11-19(29-2)20(12-15)30-3/h4-8,11-12,16,18H,9-10,13H2,1-3H3. The summed E-state index contributed by atoms with van der Waals surface area (Å²) in [6, 6.07) is 11.3. The summed E-state index contributed by atoms with van der Waals surface area (Å²) in [5, 5.41) is 0. The molecule has 2 fully saturated rings. The number of anilines is 1. The first-order valence-corrected chi connectivity index (χ1v) is 9.92. The zero-order chi connectivity index (χ0) is 21.4. The molecule has 0 aromatic heterocycles. The van der Waals surface area contributed by atoms with Crippen LogP contribution in [0, 0.1) is 6.92 Å². The largest absolute Gasteiger partial charge is 0.493 e. The molecule has 7 heteroatoms. The minimum Gasteiger partial charge on any atom is -0.493 e. The molecule has 30 heavy (non-hydrogen) atoms. The number of nitrogens with zero attached hydrogens (tertiary/aromatic N) is 2. The van der Waals surface area contributed by atoms with Gasteiger partial charge in [0.15, 0.2) is 11.5 Å². The third-order valence-electron chi connectivity index (χ3n) is 5.56. The summed E-state index contributed by atoms with van der Waals surface area (Å²) in [5.41, 5.74) is 1.97. The summed E-state index contributed by atoms with van der Waals surface area (Å²) < 4.78 is 10.5. The van der Waals surface area contributed by atoms with Gasteiger partial charge in [0.2, 0.25) is 5.91 Å². The van der Waals surface area contributed by atoms with Crippen LogP contribution in [0.4, 0.5) is 5.69 Å². The van der Waals surface area contributed by atoms with Gasteiger partial charge in [0, 0.05) is 11.6 Å². The smallest absolute Gasteiger partial charge is 0.257 e. The van der Waals surface area contributed by atoms with Crippen LogP contribution in [0.5, 0.6) is 11.5 Å². The van der Waals surface area contributed by atoms with Gasteiger partial charge in [-0.25, -0.2) is 4.90 Å². The molecule has 1 saturated heterocycles. The maximum absolute atomic E-state index is 13.4. The summed E-state index contributed by atoms with van der Waals surface area (Å²) in [7, 11) is 3.03. The van der Waals surface area contributed by atoms with Gasteiger partial charge in [-0.2, -0.15) is 0 Å². The van der Waals surface area contributed by atoms with Crippen LogP contribution in [-0.2, 0) is 9.59 Å². The van der Waals surface area contributed by atoms with Gasteiger partial charge in [0.1, 0.15) is 6.04 Å². The summed E-state index contributed by atoms with van der Waals surface area (Å²) in [6.07, 6.45) is 1.63. The van der Waals surface area contributed by atoms with Crippen molar-refractivity contribution in [3.8, 4) is 11.5 Å². The van der Waals surface area contributed by atoms with Gasteiger partial charge in [0.05, 0.1) is 26.3 Å². The molecule has 4 rings (SSSR count). The molecule has 1 aliphatic carbocycles. The van der Waals surface area contributed by atoms with Crippen LogP contribution in [0.1, 0.15) is 35.2 Å². The van der Waals surface area contributed by atoms with Crippen molar-refractivity contribution >= 4 is 23.4 Å². The second kappa shape index (κ2) is 7.82. The van der Waals surface area contributed by atoms with E-state index in [1.54, 1.807) is 35.2 Å². The molecule has 2 aliphatic rings. The molecule has 0 radical (unpaired) electrons. The Hall–Kier alpha value is -3.35. The molecular formula is C23H24N2O5. The number of imide groups is 1. The number of rotatable bonds is 6. The van der Waals surface area contributed by atoms with E-state index in [1.165, 1.54) is 19.1 Å². The second-order valence-electron chi connectivity index (χ2n) is 7.64. The maximum Gasteiger partial charge on any atom is 0.257 e. The normalized spacial score (nSPS) is 18.5. The van der Waals surface area contributed by atoms with Crippen molar-refractivity contribution in [3.05, 3.63) is 53.6 Å².